The van der Waals surface area contributed by atoms with Crippen LogP contribution in [0.15, 0.2) is 71.3 Å². The van der Waals surface area contributed by atoms with Gasteiger partial charge in [0.1, 0.15) is 24.0 Å². The first kappa shape index (κ1) is 24.9. The van der Waals surface area contributed by atoms with Gasteiger partial charge in [-0.25, -0.2) is 8.96 Å². The van der Waals surface area contributed by atoms with Gasteiger partial charge in [-0.2, -0.15) is 0 Å². The van der Waals surface area contributed by atoms with Gasteiger partial charge in [0.05, 0.1) is 11.1 Å². The maximum absolute atomic E-state index is 15.5. The summed E-state index contributed by atoms with van der Waals surface area (Å²) in [5.74, 6) is 0.959. The minimum absolute atomic E-state index is 0.246. The third kappa shape index (κ3) is 4.42. The highest BCUT2D eigenvalue weighted by atomic mass is 19.1. The number of halogens is 1. The van der Waals surface area contributed by atoms with Gasteiger partial charge in [-0.15, -0.1) is 0 Å². The summed E-state index contributed by atoms with van der Waals surface area (Å²) in [5.41, 5.74) is 8.89. The van der Waals surface area contributed by atoms with Crippen molar-refractivity contribution in [2.45, 2.75) is 65.2 Å². The number of nitrogens with zero attached hydrogens (tertiary/aromatic N) is 1. The lowest BCUT2D eigenvalue weighted by Gasteiger charge is -2.22. The quantitative estimate of drug-likeness (QED) is 0.217. The van der Waals surface area contributed by atoms with Crippen LogP contribution in [-0.4, -0.2) is 0 Å². The van der Waals surface area contributed by atoms with Crippen LogP contribution in [-0.2, 0) is 13.5 Å². The van der Waals surface area contributed by atoms with Crippen LogP contribution in [0, 0.1) is 18.7 Å². The molecule has 1 aliphatic carbocycles. The lowest BCUT2D eigenvalue weighted by molar-refractivity contribution is -0.660. The van der Waals surface area contributed by atoms with Gasteiger partial charge in [-0.3, -0.25) is 0 Å². The topological polar surface area (TPSA) is 17.0 Å². The van der Waals surface area contributed by atoms with Crippen molar-refractivity contribution in [2.24, 2.45) is 13.0 Å². The maximum atomic E-state index is 15.5. The predicted molar refractivity (Wildman–Crippen MR) is 155 cm³/mol. The summed E-state index contributed by atoms with van der Waals surface area (Å²) in [4.78, 5) is 0. The molecule has 0 unspecified atom stereocenters. The molecular formula is C35H37FNO+. The first-order valence-electron chi connectivity index (χ1n) is 14.1. The van der Waals surface area contributed by atoms with Crippen molar-refractivity contribution in [1.82, 2.24) is 0 Å². The predicted octanol–water partition coefficient (Wildman–Crippen LogP) is 9.44. The maximum Gasteiger partial charge on any atom is 0.216 e. The molecule has 2 aromatic heterocycles. The van der Waals surface area contributed by atoms with Crippen LogP contribution in [0.2, 0.25) is 0 Å². The van der Waals surface area contributed by atoms with Gasteiger partial charge in [0, 0.05) is 22.9 Å². The molecule has 0 spiro atoms. The van der Waals surface area contributed by atoms with Crippen LogP contribution >= 0.6 is 0 Å². The molecular weight excluding hydrogens is 469 g/mol. The van der Waals surface area contributed by atoms with E-state index in [9.17, 15) is 0 Å². The van der Waals surface area contributed by atoms with Gasteiger partial charge in [-0.1, -0.05) is 69.5 Å². The van der Waals surface area contributed by atoms with E-state index >= 15 is 4.39 Å². The Labute approximate surface area is 225 Å². The molecule has 6 rings (SSSR count). The molecule has 38 heavy (non-hydrogen) atoms. The fraction of sp³-hybridized carbons (Fsp3) is 0.343. The van der Waals surface area contributed by atoms with E-state index in [0.717, 1.165) is 45.2 Å². The molecule has 1 saturated carbocycles. The van der Waals surface area contributed by atoms with Crippen molar-refractivity contribution in [3.63, 3.8) is 0 Å². The number of hydrogen-bond acceptors (Lipinski definition) is 1. The zero-order chi connectivity index (χ0) is 26.4. The van der Waals surface area contributed by atoms with Crippen LogP contribution in [0.4, 0.5) is 4.39 Å². The molecule has 0 N–H and O–H groups in total. The molecule has 0 aliphatic heterocycles. The highest BCUT2D eigenvalue weighted by Gasteiger charge is 2.24. The summed E-state index contributed by atoms with van der Waals surface area (Å²) in [5, 5.41) is 1.98. The van der Waals surface area contributed by atoms with Gasteiger partial charge >= 0.3 is 0 Å². The Bertz CT molecular complexity index is 1620. The van der Waals surface area contributed by atoms with Gasteiger partial charge in [0.25, 0.3) is 0 Å². The third-order valence-electron chi connectivity index (χ3n) is 8.36. The average Bonchev–Trinajstić information content (AvgIpc) is 3.28. The number of hydrogen-bond donors (Lipinski definition) is 0. The molecule has 1 aliphatic rings. The summed E-state index contributed by atoms with van der Waals surface area (Å²) in [6.07, 6.45) is 9.62. The third-order valence-corrected chi connectivity index (χ3v) is 8.36. The summed E-state index contributed by atoms with van der Waals surface area (Å²) >= 11 is 0. The van der Waals surface area contributed by atoms with Gasteiger partial charge in [0.15, 0.2) is 6.20 Å². The number of benzene rings is 3. The number of furan rings is 1. The number of aromatic nitrogens is 1. The Morgan fingerprint density at radius 3 is 2.26 bits per heavy atom. The SMILES string of the molecule is Cc1ccc2c(oc3c(-c4ccc(C5CCCCC5)cc4)c(F)ccc32)c1-c1cc(CC(C)C)cc[n+]1C. The minimum atomic E-state index is -0.246. The number of rotatable bonds is 5. The lowest BCUT2D eigenvalue weighted by atomic mass is 9.83. The second kappa shape index (κ2) is 10.0. The van der Waals surface area contributed by atoms with E-state index in [2.05, 4.69) is 87.1 Å². The standard InChI is InChI=1S/C35H37FNO/c1-22(2)20-24-18-19-37(4)31(21-24)32-23(3)10-15-28-29-16-17-30(36)33(35(29)38-34(28)32)27-13-11-26(12-14-27)25-8-6-5-7-9-25/h10-19,21-22,25H,5-9,20H2,1-4H3/q+1. The van der Waals surface area contributed by atoms with Gasteiger partial charge in [0.2, 0.25) is 5.69 Å². The highest BCUT2D eigenvalue weighted by Crippen LogP contribution is 2.42. The molecule has 2 nitrogen and oxygen atoms in total. The Kier molecular flexibility index (Phi) is 6.55. The van der Waals surface area contributed by atoms with Crippen molar-refractivity contribution in [1.29, 1.82) is 0 Å². The highest BCUT2D eigenvalue weighted by molar-refractivity contribution is 6.13. The van der Waals surface area contributed by atoms with E-state index in [4.69, 9.17) is 4.42 Å². The van der Waals surface area contributed by atoms with Crippen molar-refractivity contribution in [2.75, 3.05) is 0 Å². The van der Waals surface area contributed by atoms with Crippen LogP contribution in [0.3, 0.4) is 0 Å². The zero-order valence-corrected chi connectivity index (χ0v) is 23.0. The molecule has 5 aromatic rings. The fourth-order valence-electron chi connectivity index (χ4n) is 6.38. The van der Waals surface area contributed by atoms with E-state index in [1.54, 1.807) is 6.07 Å². The molecule has 0 bridgehead atoms. The Morgan fingerprint density at radius 2 is 1.55 bits per heavy atom. The monoisotopic (exact) mass is 506 g/mol. The summed E-state index contributed by atoms with van der Waals surface area (Å²) in [6.45, 7) is 6.62. The van der Waals surface area contributed by atoms with Gasteiger partial charge in [-0.05, 0) is 72.4 Å². The lowest BCUT2D eigenvalue weighted by Crippen LogP contribution is -2.31. The van der Waals surface area contributed by atoms with E-state index in [1.165, 1.54) is 43.2 Å². The Morgan fingerprint density at radius 1 is 0.868 bits per heavy atom. The van der Waals surface area contributed by atoms with Crippen LogP contribution in [0.1, 0.15) is 68.6 Å². The average molecular weight is 507 g/mol. The van der Waals surface area contributed by atoms with Gasteiger partial charge < -0.3 is 4.42 Å². The second-order valence-corrected chi connectivity index (χ2v) is 11.6. The molecule has 0 atom stereocenters. The fourth-order valence-corrected chi connectivity index (χ4v) is 6.38. The summed E-state index contributed by atoms with van der Waals surface area (Å²) < 4.78 is 24.3. The molecule has 2 heterocycles. The summed E-state index contributed by atoms with van der Waals surface area (Å²) in [7, 11) is 2.08. The van der Waals surface area contributed by atoms with Crippen molar-refractivity contribution < 1.29 is 13.4 Å². The van der Waals surface area contributed by atoms with E-state index in [-0.39, 0.29) is 5.82 Å². The van der Waals surface area contributed by atoms with Crippen LogP contribution in [0.25, 0.3) is 44.3 Å². The van der Waals surface area contributed by atoms with Crippen molar-refractivity contribution in [3.8, 4) is 22.4 Å². The molecule has 0 amide bonds. The molecule has 0 radical (unpaired) electrons. The van der Waals surface area contributed by atoms with Crippen molar-refractivity contribution in [3.05, 3.63) is 89.4 Å². The van der Waals surface area contributed by atoms with Crippen LogP contribution < -0.4 is 4.57 Å². The minimum Gasteiger partial charge on any atom is -0.454 e. The number of pyridine rings is 1. The van der Waals surface area contributed by atoms with E-state index in [1.807, 2.05) is 6.07 Å². The number of fused-ring (bicyclic) bond motifs is 3. The summed E-state index contributed by atoms with van der Waals surface area (Å²) in [6, 6.07) is 20.8. The Hall–Kier alpha value is -3.46. The molecule has 3 heteroatoms. The van der Waals surface area contributed by atoms with Crippen molar-refractivity contribution >= 4 is 21.9 Å². The normalized spacial score (nSPS) is 14.7. The first-order valence-corrected chi connectivity index (χ1v) is 14.1. The molecule has 3 aromatic carbocycles. The second-order valence-electron chi connectivity index (χ2n) is 11.6. The molecule has 194 valence electrons. The van der Waals surface area contributed by atoms with E-state index in [0.29, 0.717) is 23.0 Å². The van der Waals surface area contributed by atoms with E-state index < -0.39 is 0 Å². The largest absolute Gasteiger partial charge is 0.454 e. The Balaban J connectivity index is 1.52. The molecule has 0 saturated heterocycles. The molecule has 1 fully saturated rings. The smallest absolute Gasteiger partial charge is 0.216 e. The first-order chi connectivity index (χ1) is 18.4. The number of aryl methyl sites for hydroxylation is 2. The zero-order valence-electron chi connectivity index (χ0n) is 23.0. The van der Waals surface area contributed by atoms with Crippen LogP contribution in [0.5, 0.6) is 0 Å².